The van der Waals surface area contributed by atoms with Gasteiger partial charge in [-0.3, -0.25) is 9.69 Å². The van der Waals surface area contributed by atoms with Crippen LogP contribution in [0.3, 0.4) is 0 Å². The second kappa shape index (κ2) is 2.46. The number of carbonyl (C=O) groups is 1. The normalized spacial score (nSPS) is 36.1. The van der Waals surface area contributed by atoms with Crippen molar-refractivity contribution in [2.45, 2.75) is 31.2 Å². The lowest BCUT2D eigenvalue weighted by atomic mass is 9.77. The summed E-state index contributed by atoms with van der Waals surface area (Å²) >= 11 is 0. The van der Waals surface area contributed by atoms with Gasteiger partial charge in [0.2, 0.25) is 5.91 Å². The summed E-state index contributed by atoms with van der Waals surface area (Å²) in [5, 5.41) is 0. The molecule has 1 atom stereocenters. The first-order chi connectivity index (χ1) is 5.65. The van der Waals surface area contributed by atoms with Crippen molar-refractivity contribution in [1.29, 1.82) is 0 Å². The highest BCUT2D eigenvalue weighted by atomic mass is 16.1. The molecule has 0 aromatic rings. The molecule has 3 nitrogen and oxygen atoms in total. The Labute approximate surface area is 72.9 Å². The molecule has 0 aromatic carbocycles. The minimum absolute atomic E-state index is 0.145. The molecule has 2 rings (SSSR count). The van der Waals surface area contributed by atoms with Gasteiger partial charge in [0.15, 0.2) is 0 Å². The number of nitrogens with zero attached hydrogens (tertiary/aromatic N) is 1. The van der Waals surface area contributed by atoms with Crippen LogP contribution in [0.25, 0.3) is 0 Å². The molecule has 1 aliphatic heterocycles. The van der Waals surface area contributed by atoms with Crippen LogP contribution >= 0.6 is 0 Å². The maximum absolute atomic E-state index is 10.9. The Balaban J connectivity index is 2.06. The van der Waals surface area contributed by atoms with Crippen molar-refractivity contribution in [3.05, 3.63) is 0 Å². The fourth-order valence-electron chi connectivity index (χ4n) is 2.43. The number of carbonyl (C=O) groups excluding carboxylic acids is 1. The molecule has 0 spiro atoms. The van der Waals surface area contributed by atoms with E-state index < -0.39 is 0 Å². The molecule has 1 saturated heterocycles. The number of hydrogen-bond acceptors (Lipinski definition) is 2. The predicted octanol–water partition coefficient (Wildman–Crippen LogP) is 0.346. The summed E-state index contributed by atoms with van der Waals surface area (Å²) in [6.45, 7) is 1.13. The van der Waals surface area contributed by atoms with Crippen LogP contribution in [0.5, 0.6) is 0 Å². The minimum Gasteiger partial charge on any atom is -0.370 e. The summed E-state index contributed by atoms with van der Waals surface area (Å²) in [4.78, 5) is 13.2. The first kappa shape index (κ1) is 8.05. The summed E-state index contributed by atoms with van der Waals surface area (Å²) in [6, 6.07) is 0. The summed E-state index contributed by atoms with van der Waals surface area (Å²) in [5.41, 5.74) is 5.42. The van der Waals surface area contributed by atoms with Crippen molar-refractivity contribution in [1.82, 2.24) is 4.90 Å². The number of likely N-dealkylation sites (tertiary alicyclic amines) is 1. The number of nitrogens with two attached hydrogens (primary N) is 1. The molecule has 1 saturated carbocycles. The summed E-state index contributed by atoms with van der Waals surface area (Å²) < 4.78 is 0. The van der Waals surface area contributed by atoms with Crippen LogP contribution in [0.4, 0.5) is 0 Å². The maximum Gasteiger partial charge on any atom is 0.219 e. The molecule has 2 aliphatic rings. The molecular formula is C9H16N2O. The highest BCUT2D eigenvalue weighted by molar-refractivity contribution is 5.75. The van der Waals surface area contributed by atoms with Crippen LogP contribution < -0.4 is 5.73 Å². The second-order valence-electron chi connectivity index (χ2n) is 4.19. The molecule has 68 valence electrons. The summed E-state index contributed by atoms with van der Waals surface area (Å²) in [6.07, 6.45) is 4.31. The molecule has 1 amide bonds. The van der Waals surface area contributed by atoms with Gasteiger partial charge in [0.1, 0.15) is 0 Å². The molecule has 0 radical (unpaired) electrons. The maximum atomic E-state index is 10.9. The van der Waals surface area contributed by atoms with Gasteiger partial charge < -0.3 is 5.73 Å². The number of hydrogen-bond donors (Lipinski definition) is 1. The van der Waals surface area contributed by atoms with Crippen molar-refractivity contribution < 1.29 is 4.79 Å². The third-order valence-electron chi connectivity index (χ3n) is 3.46. The Morgan fingerprint density at radius 3 is 2.58 bits per heavy atom. The Hall–Kier alpha value is -0.570. The third-order valence-corrected chi connectivity index (χ3v) is 3.46. The lowest BCUT2D eigenvalue weighted by Gasteiger charge is -2.51. The molecule has 12 heavy (non-hydrogen) atoms. The SMILES string of the molecule is CN1CCC1(CC(N)=O)C1CC1. The van der Waals surface area contributed by atoms with E-state index in [-0.39, 0.29) is 11.4 Å². The lowest BCUT2D eigenvalue weighted by Crippen LogP contribution is -2.60. The van der Waals surface area contributed by atoms with Gasteiger partial charge >= 0.3 is 0 Å². The first-order valence-corrected chi connectivity index (χ1v) is 4.65. The van der Waals surface area contributed by atoms with Gasteiger partial charge in [0.25, 0.3) is 0 Å². The monoisotopic (exact) mass is 168 g/mol. The van der Waals surface area contributed by atoms with Gasteiger partial charge in [-0.2, -0.15) is 0 Å². The van der Waals surface area contributed by atoms with E-state index in [1.165, 1.54) is 12.8 Å². The van der Waals surface area contributed by atoms with Gasteiger partial charge in [-0.05, 0) is 32.2 Å². The van der Waals surface area contributed by atoms with E-state index in [1.54, 1.807) is 0 Å². The molecular weight excluding hydrogens is 152 g/mol. The zero-order valence-electron chi connectivity index (χ0n) is 7.55. The number of rotatable bonds is 3. The quantitative estimate of drug-likeness (QED) is 0.660. The smallest absolute Gasteiger partial charge is 0.219 e. The topological polar surface area (TPSA) is 46.3 Å². The minimum atomic E-state index is -0.145. The first-order valence-electron chi connectivity index (χ1n) is 4.65. The Kier molecular flexibility index (Phi) is 1.65. The van der Waals surface area contributed by atoms with Gasteiger partial charge in [-0.15, -0.1) is 0 Å². The molecule has 3 heteroatoms. The van der Waals surface area contributed by atoms with Crippen LogP contribution in [0.1, 0.15) is 25.7 Å². The standard InChI is InChI=1S/C9H16N2O/c1-11-5-4-9(11,6-8(10)12)7-2-3-7/h7H,2-6H2,1H3,(H2,10,12). The molecule has 0 bridgehead atoms. The lowest BCUT2D eigenvalue weighted by molar-refractivity contribution is -0.124. The summed E-state index contributed by atoms with van der Waals surface area (Å²) in [7, 11) is 2.10. The molecule has 1 aliphatic carbocycles. The van der Waals surface area contributed by atoms with Gasteiger partial charge in [0, 0.05) is 18.5 Å². The Bertz CT molecular complexity index is 209. The average Bonchev–Trinajstić information content (AvgIpc) is 2.79. The number of amides is 1. The van der Waals surface area contributed by atoms with Crippen molar-refractivity contribution in [3.8, 4) is 0 Å². The number of primary amides is 1. The highest BCUT2D eigenvalue weighted by Crippen LogP contribution is 2.50. The largest absolute Gasteiger partial charge is 0.370 e. The Morgan fingerprint density at radius 1 is 1.67 bits per heavy atom. The van der Waals surface area contributed by atoms with Gasteiger partial charge in [-0.1, -0.05) is 0 Å². The zero-order chi connectivity index (χ0) is 8.77. The molecule has 2 fully saturated rings. The van der Waals surface area contributed by atoms with E-state index in [1.807, 2.05) is 0 Å². The van der Waals surface area contributed by atoms with Crippen molar-refractivity contribution in [3.63, 3.8) is 0 Å². The molecule has 2 N–H and O–H groups in total. The van der Waals surface area contributed by atoms with E-state index in [0.29, 0.717) is 6.42 Å². The highest BCUT2D eigenvalue weighted by Gasteiger charge is 2.53. The fourth-order valence-corrected chi connectivity index (χ4v) is 2.43. The Morgan fingerprint density at radius 2 is 2.33 bits per heavy atom. The molecule has 1 unspecified atom stereocenters. The molecule has 0 aromatic heterocycles. The van der Waals surface area contributed by atoms with E-state index in [4.69, 9.17) is 5.73 Å². The van der Waals surface area contributed by atoms with E-state index >= 15 is 0 Å². The van der Waals surface area contributed by atoms with E-state index in [9.17, 15) is 4.79 Å². The van der Waals surface area contributed by atoms with Crippen molar-refractivity contribution in [2.24, 2.45) is 11.7 Å². The van der Waals surface area contributed by atoms with Crippen molar-refractivity contribution >= 4 is 5.91 Å². The molecule has 1 heterocycles. The van der Waals surface area contributed by atoms with E-state index in [0.717, 1.165) is 18.9 Å². The third kappa shape index (κ3) is 1.04. The van der Waals surface area contributed by atoms with Gasteiger partial charge in [-0.25, -0.2) is 0 Å². The summed E-state index contributed by atoms with van der Waals surface area (Å²) in [5.74, 6) is 0.609. The average molecular weight is 168 g/mol. The van der Waals surface area contributed by atoms with Crippen LogP contribution in [0.2, 0.25) is 0 Å². The van der Waals surface area contributed by atoms with Crippen LogP contribution in [0.15, 0.2) is 0 Å². The second-order valence-corrected chi connectivity index (χ2v) is 4.19. The zero-order valence-corrected chi connectivity index (χ0v) is 7.55. The van der Waals surface area contributed by atoms with Crippen LogP contribution in [0, 0.1) is 5.92 Å². The van der Waals surface area contributed by atoms with E-state index in [2.05, 4.69) is 11.9 Å². The van der Waals surface area contributed by atoms with Crippen LogP contribution in [-0.2, 0) is 4.79 Å². The fraction of sp³-hybridized carbons (Fsp3) is 0.889. The predicted molar refractivity (Wildman–Crippen MR) is 46.5 cm³/mol. The van der Waals surface area contributed by atoms with Crippen molar-refractivity contribution in [2.75, 3.05) is 13.6 Å². The van der Waals surface area contributed by atoms with Crippen LogP contribution in [-0.4, -0.2) is 29.9 Å². The van der Waals surface area contributed by atoms with Gasteiger partial charge in [0.05, 0.1) is 0 Å².